The van der Waals surface area contributed by atoms with Crippen LogP contribution in [-0.2, 0) is 6.54 Å². The predicted octanol–water partition coefficient (Wildman–Crippen LogP) is 1.09. The molecule has 0 bridgehead atoms. The number of hydrogen-bond acceptors (Lipinski definition) is 4. The lowest BCUT2D eigenvalue weighted by molar-refractivity contribution is -0.689. The summed E-state index contributed by atoms with van der Waals surface area (Å²) < 4.78 is 1.78. The summed E-state index contributed by atoms with van der Waals surface area (Å²) in [7, 11) is 1.63. The number of Topliss-reactive ketones (excluding diaryl/α,β-unsaturated/α-hetero) is 1. The molecule has 2 aromatic heterocycles. The average Bonchev–Trinajstić information content (AvgIpc) is 2.95. The number of hydrogen-bond donors (Lipinski definition) is 2. The summed E-state index contributed by atoms with van der Waals surface area (Å²) in [5.41, 5.74) is 6.52. The van der Waals surface area contributed by atoms with E-state index < -0.39 is 0 Å². The van der Waals surface area contributed by atoms with E-state index in [-0.39, 0.29) is 18.2 Å². The Labute approximate surface area is 121 Å². The first-order valence-corrected chi connectivity index (χ1v) is 7.03. The summed E-state index contributed by atoms with van der Waals surface area (Å²) in [5, 5.41) is 1.88. The van der Waals surface area contributed by atoms with Crippen molar-refractivity contribution in [2.75, 3.05) is 7.05 Å². The lowest BCUT2D eigenvalue weighted by atomic mass is 10.2. The zero-order valence-electron chi connectivity index (χ0n) is 11.3. The Bertz CT molecular complexity index is 623. The number of thiophene rings is 1. The zero-order valence-corrected chi connectivity index (χ0v) is 12.2. The van der Waals surface area contributed by atoms with E-state index in [1.807, 2.05) is 24.4 Å². The largest absolute Gasteiger partial charge is 0.288 e. The fraction of sp³-hybridized carbons (Fsp3) is 0.214. The van der Waals surface area contributed by atoms with Crippen molar-refractivity contribution >= 4 is 23.0 Å². The predicted molar refractivity (Wildman–Crippen MR) is 76.5 cm³/mol. The van der Waals surface area contributed by atoms with Crippen molar-refractivity contribution in [3.8, 4) is 0 Å². The van der Waals surface area contributed by atoms with Crippen LogP contribution >= 0.6 is 11.3 Å². The lowest BCUT2D eigenvalue weighted by Crippen LogP contribution is -2.42. The van der Waals surface area contributed by atoms with E-state index in [9.17, 15) is 9.59 Å². The molecule has 0 aromatic carbocycles. The van der Waals surface area contributed by atoms with Gasteiger partial charge in [-0.2, -0.15) is 4.57 Å². The third kappa shape index (κ3) is 3.28. The fourth-order valence-corrected chi connectivity index (χ4v) is 2.44. The molecule has 0 aliphatic rings. The summed E-state index contributed by atoms with van der Waals surface area (Å²) >= 11 is 1.42. The van der Waals surface area contributed by atoms with Crippen LogP contribution < -0.4 is 15.4 Å². The average molecular weight is 290 g/mol. The van der Waals surface area contributed by atoms with Gasteiger partial charge in [0.05, 0.1) is 4.88 Å². The maximum Gasteiger partial charge on any atom is 0.271 e. The number of hydrazine groups is 1. The fourth-order valence-electron chi connectivity index (χ4n) is 1.78. The van der Waals surface area contributed by atoms with Crippen LogP contribution in [0.5, 0.6) is 0 Å². The van der Waals surface area contributed by atoms with E-state index in [2.05, 4.69) is 10.9 Å². The minimum Gasteiger partial charge on any atom is -0.288 e. The SMILES string of the molecule is CNNC(=O)c1ccc(C)[n+](CC(=O)c2cccs2)c1. The van der Waals surface area contributed by atoms with Crippen molar-refractivity contribution in [1.29, 1.82) is 0 Å². The van der Waals surface area contributed by atoms with Crippen molar-refractivity contribution in [3.63, 3.8) is 0 Å². The highest BCUT2D eigenvalue weighted by Crippen LogP contribution is 2.09. The highest BCUT2D eigenvalue weighted by atomic mass is 32.1. The molecule has 0 unspecified atom stereocenters. The molecule has 2 N–H and O–H groups in total. The maximum absolute atomic E-state index is 12.1. The maximum atomic E-state index is 12.1. The molecule has 104 valence electrons. The number of ketones is 1. The smallest absolute Gasteiger partial charge is 0.271 e. The Balaban J connectivity index is 2.21. The Morgan fingerprint density at radius 3 is 2.75 bits per heavy atom. The van der Waals surface area contributed by atoms with Gasteiger partial charge in [-0.05, 0) is 17.5 Å². The molecule has 20 heavy (non-hydrogen) atoms. The van der Waals surface area contributed by atoms with Crippen LogP contribution in [0.1, 0.15) is 25.7 Å². The van der Waals surface area contributed by atoms with Gasteiger partial charge in [-0.15, -0.1) is 11.3 Å². The molecule has 0 spiro atoms. The van der Waals surface area contributed by atoms with E-state index in [0.717, 1.165) is 10.6 Å². The first-order valence-electron chi connectivity index (χ1n) is 6.15. The topological polar surface area (TPSA) is 62.1 Å². The number of carbonyl (C=O) groups is 2. The van der Waals surface area contributed by atoms with Gasteiger partial charge in [0.15, 0.2) is 11.9 Å². The molecule has 0 atom stereocenters. The minimum absolute atomic E-state index is 0.0410. The van der Waals surface area contributed by atoms with Gasteiger partial charge in [-0.1, -0.05) is 6.07 Å². The summed E-state index contributed by atoms with van der Waals surface area (Å²) in [4.78, 5) is 24.6. The number of nitrogens with zero attached hydrogens (tertiary/aromatic N) is 1. The van der Waals surface area contributed by atoms with Crippen LogP contribution in [-0.4, -0.2) is 18.7 Å². The van der Waals surface area contributed by atoms with Gasteiger partial charge < -0.3 is 0 Å². The molecule has 0 saturated heterocycles. The quantitative estimate of drug-likeness (QED) is 0.492. The Morgan fingerprint density at radius 1 is 1.30 bits per heavy atom. The summed E-state index contributed by atoms with van der Waals surface area (Å²) in [6.07, 6.45) is 1.69. The Kier molecular flexibility index (Phi) is 4.60. The first-order chi connectivity index (χ1) is 9.61. The van der Waals surface area contributed by atoms with Crippen molar-refractivity contribution in [3.05, 3.63) is 52.0 Å². The number of nitrogens with one attached hydrogen (secondary N) is 2. The van der Waals surface area contributed by atoms with Crippen LogP contribution in [0.2, 0.25) is 0 Å². The summed E-state index contributed by atoms with van der Waals surface area (Å²) in [5.74, 6) is -0.191. The number of aromatic nitrogens is 1. The molecule has 0 saturated carbocycles. The molecule has 6 heteroatoms. The van der Waals surface area contributed by atoms with Gasteiger partial charge in [0.2, 0.25) is 12.3 Å². The second-order valence-corrected chi connectivity index (χ2v) is 5.24. The Hall–Kier alpha value is -2.05. The van der Waals surface area contributed by atoms with Gasteiger partial charge in [-0.3, -0.25) is 15.0 Å². The molecule has 0 fully saturated rings. The second kappa shape index (κ2) is 6.40. The highest BCUT2D eigenvalue weighted by molar-refractivity contribution is 7.12. The van der Waals surface area contributed by atoms with E-state index in [1.165, 1.54) is 11.3 Å². The van der Waals surface area contributed by atoms with Crippen LogP contribution in [0, 0.1) is 6.92 Å². The van der Waals surface area contributed by atoms with Crippen LogP contribution in [0.4, 0.5) is 0 Å². The van der Waals surface area contributed by atoms with E-state index in [4.69, 9.17) is 0 Å². The first kappa shape index (κ1) is 14.4. The van der Waals surface area contributed by atoms with Gasteiger partial charge in [0.1, 0.15) is 5.56 Å². The minimum atomic E-state index is -0.232. The number of amides is 1. The number of rotatable bonds is 5. The van der Waals surface area contributed by atoms with Gasteiger partial charge >= 0.3 is 0 Å². The van der Waals surface area contributed by atoms with Crippen LogP contribution in [0.25, 0.3) is 0 Å². The van der Waals surface area contributed by atoms with Crippen LogP contribution in [0.15, 0.2) is 35.8 Å². The summed E-state index contributed by atoms with van der Waals surface area (Å²) in [6, 6.07) is 7.22. The van der Waals surface area contributed by atoms with Gasteiger partial charge in [-0.25, -0.2) is 5.43 Å². The lowest BCUT2D eigenvalue weighted by Gasteiger charge is -2.04. The van der Waals surface area contributed by atoms with Gasteiger partial charge in [0.25, 0.3) is 5.91 Å². The highest BCUT2D eigenvalue weighted by Gasteiger charge is 2.18. The molecule has 1 amide bonds. The van der Waals surface area contributed by atoms with Gasteiger partial charge in [0, 0.05) is 20.0 Å². The molecule has 0 radical (unpaired) electrons. The molecule has 0 aliphatic heterocycles. The standard InChI is InChI=1S/C14H15N3O2S/c1-10-5-6-11(14(19)16-15-2)8-17(10)9-12(18)13-4-3-7-20-13/h3-8,15H,9H2,1-2H3/p+1. The molecule has 2 aromatic rings. The summed E-state index contributed by atoms with van der Waals surface area (Å²) in [6.45, 7) is 2.13. The molecule has 2 heterocycles. The van der Waals surface area contributed by atoms with E-state index in [0.29, 0.717) is 5.56 Å². The molecular weight excluding hydrogens is 274 g/mol. The van der Waals surface area contributed by atoms with Crippen molar-refractivity contribution in [1.82, 2.24) is 10.9 Å². The van der Waals surface area contributed by atoms with Crippen molar-refractivity contribution in [2.24, 2.45) is 0 Å². The van der Waals surface area contributed by atoms with E-state index in [1.54, 1.807) is 29.9 Å². The number of carbonyl (C=O) groups excluding carboxylic acids is 2. The van der Waals surface area contributed by atoms with Crippen LogP contribution in [0.3, 0.4) is 0 Å². The second-order valence-electron chi connectivity index (χ2n) is 4.29. The number of pyridine rings is 1. The molecule has 2 rings (SSSR count). The zero-order chi connectivity index (χ0) is 14.5. The van der Waals surface area contributed by atoms with E-state index >= 15 is 0 Å². The number of aryl methyl sites for hydroxylation is 1. The monoisotopic (exact) mass is 290 g/mol. The Morgan fingerprint density at radius 2 is 2.10 bits per heavy atom. The normalized spacial score (nSPS) is 10.3. The molecule has 0 aliphatic carbocycles. The molecule has 5 nitrogen and oxygen atoms in total. The van der Waals surface area contributed by atoms with Crippen molar-refractivity contribution < 1.29 is 14.2 Å². The third-order valence-electron chi connectivity index (χ3n) is 2.86. The molecular formula is C14H16N3O2S+. The third-order valence-corrected chi connectivity index (χ3v) is 3.77. The van der Waals surface area contributed by atoms with Crippen molar-refractivity contribution in [2.45, 2.75) is 13.5 Å².